The molecular formula is C9H13NO. The molecule has 1 aliphatic heterocycles. The Kier molecular flexibility index (Phi) is 1.68. The van der Waals surface area contributed by atoms with Gasteiger partial charge in [0.05, 0.1) is 0 Å². The van der Waals surface area contributed by atoms with Crippen LogP contribution < -0.4 is 0 Å². The van der Waals surface area contributed by atoms with E-state index in [9.17, 15) is 4.79 Å². The summed E-state index contributed by atoms with van der Waals surface area (Å²) < 4.78 is 0. The van der Waals surface area contributed by atoms with E-state index in [1.807, 2.05) is 4.90 Å². The fraction of sp³-hybridized carbons (Fsp3) is 0.667. The Balaban J connectivity index is 1.94. The number of hydrogen-bond donors (Lipinski definition) is 0. The number of carbonyl (C=O) groups excluding carboxylic acids is 1. The average molecular weight is 151 g/mol. The van der Waals surface area contributed by atoms with Gasteiger partial charge in [-0.05, 0) is 19.3 Å². The van der Waals surface area contributed by atoms with Crippen LogP contribution in [0.1, 0.15) is 25.7 Å². The molecule has 1 atom stereocenters. The normalized spacial score (nSPS) is 30.4. The Morgan fingerprint density at radius 2 is 2.36 bits per heavy atom. The van der Waals surface area contributed by atoms with Crippen LogP contribution in [0, 0.1) is 0 Å². The van der Waals surface area contributed by atoms with Crippen molar-refractivity contribution in [1.29, 1.82) is 0 Å². The molecule has 1 aliphatic carbocycles. The van der Waals surface area contributed by atoms with Crippen molar-refractivity contribution < 1.29 is 4.79 Å². The molecule has 60 valence electrons. The van der Waals surface area contributed by atoms with Crippen molar-refractivity contribution in [2.24, 2.45) is 0 Å². The minimum atomic E-state index is 0.352. The highest BCUT2D eigenvalue weighted by Crippen LogP contribution is 2.22. The standard InChI is InChI=1S/C9H13NO/c11-9-6-7-10(9)8-4-2-1-3-5-8/h1-2,8H,3-7H2. The molecule has 1 heterocycles. The first-order valence-corrected chi connectivity index (χ1v) is 4.32. The van der Waals surface area contributed by atoms with Gasteiger partial charge in [-0.15, -0.1) is 0 Å². The summed E-state index contributed by atoms with van der Waals surface area (Å²) in [6.07, 6.45) is 8.57. The molecule has 0 saturated carbocycles. The molecule has 0 aromatic heterocycles. The zero-order valence-corrected chi connectivity index (χ0v) is 6.62. The zero-order chi connectivity index (χ0) is 7.68. The molecule has 0 radical (unpaired) electrons. The zero-order valence-electron chi connectivity index (χ0n) is 6.62. The summed E-state index contributed by atoms with van der Waals surface area (Å²) in [4.78, 5) is 13.0. The minimum absolute atomic E-state index is 0.352. The lowest BCUT2D eigenvalue weighted by Crippen LogP contribution is -2.50. The van der Waals surface area contributed by atoms with Crippen LogP contribution in [0.3, 0.4) is 0 Å². The Bertz CT molecular complexity index is 198. The molecule has 2 nitrogen and oxygen atoms in total. The van der Waals surface area contributed by atoms with Crippen LogP contribution in [-0.4, -0.2) is 23.4 Å². The smallest absolute Gasteiger partial charge is 0.224 e. The van der Waals surface area contributed by atoms with Gasteiger partial charge in [0, 0.05) is 19.0 Å². The average Bonchev–Trinajstić information content (AvgIpc) is 2.04. The first-order valence-electron chi connectivity index (χ1n) is 4.32. The van der Waals surface area contributed by atoms with Crippen molar-refractivity contribution in [3.8, 4) is 0 Å². The molecule has 1 saturated heterocycles. The van der Waals surface area contributed by atoms with Crippen molar-refractivity contribution in [2.45, 2.75) is 31.7 Å². The lowest BCUT2D eigenvalue weighted by molar-refractivity contribution is -0.143. The summed E-state index contributed by atoms with van der Waals surface area (Å²) in [5.74, 6) is 0.352. The van der Waals surface area contributed by atoms with Crippen molar-refractivity contribution in [1.82, 2.24) is 4.90 Å². The maximum Gasteiger partial charge on any atom is 0.224 e. The second-order valence-corrected chi connectivity index (χ2v) is 3.28. The van der Waals surface area contributed by atoms with E-state index in [1.165, 1.54) is 6.42 Å². The maximum absolute atomic E-state index is 11.0. The summed E-state index contributed by atoms with van der Waals surface area (Å²) >= 11 is 0. The molecule has 11 heavy (non-hydrogen) atoms. The number of β-lactam (4-membered cyclic amide) rings is 1. The second-order valence-electron chi connectivity index (χ2n) is 3.28. The Morgan fingerprint density at radius 3 is 2.82 bits per heavy atom. The predicted molar refractivity (Wildman–Crippen MR) is 43.1 cm³/mol. The highest BCUT2D eigenvalue weighted by atomic mass is 16.2. The van der Waals surface area contributed by atoms with Gasteiger partial charge in [0.2, 0.25) is 5.91 Å². The minimum Gasteiger partial charge on any atom is -0.339 e. The number of allylic oxidation sites excluding steroid dienone is 1. The summed E-state index contributed by atoms with van der Waals surface area (Å²) in [5.41, 5.74) is 0. The molecule has 2 heteroatoms. The highest BCUT2D eigenvalue weighted by molar-refractivity contribution is 5.82. The van der Waals surface area contributed by atoms with Gasteiger partial charge in [-0.3, -0.25) is 4.79 Å². The van der Waals surface area contributed by atoms with Crippen molar-refractivity contribution in [3.63, 3.8) is 0 Å². The first-order chi connectivity index (χ1) is 5.38. The van der Waals surface area contributed by atoms with Gasteiger partial charge in [0.25, 0.3) is 0 Å². The van der Waals surface area contributed by atoms with E-state index in [0.717, 1.165) is 25.8 Å². The molecule has 0 bridgehead atoms. The topological polar surface area (TPSA) is 20.3 Å². The van der Waals surface area contributed by atoms with Crippen LogP contribution in [-0.2, 0) is 4.79 Å². The number of carbonyl (C=O) groups is 1. The highest BCUT2D eigenvalue weighted by Gasteiger charge is 2.30. The molecule has 0 N–H and O–H groups in total. The molecular weight excluding hydrogens is 138 g/mol. The molecule has 0 aromatic rings. The van der Waals surface area contributed by atoms with Gasteiger partial charge in [-0.1, -0.05) is 12.2 Å². The number of rotatable bonds is 1. The number of likely N-dealkylation sites (tertiary alicyclic amines) is 1. The van der Waals surface area contributed by atoms with E-state index in [1.54, 1.807) is 0 Å². The Labute approximate surface area is 66.9 Å². The van der Waals surface area contributed by atoms with E-state index in [0.29, 0.717) is 11.9 Å². The van der Waals surface area contributed by atoms with E-state index < -0.39 is 0 Å². The van der Waals surface area contributed by atoms with E-state index >= 15 is 0 Å². The van der Waals surface area contributed by atoms with Crippen LogP contribution in [0.5, 0.6) is 0 Å². The molecule has 0 aromatic carbocycles. The van der Waals surface area contributed by atoms with Crippen molar-refractivity contribution in [2.75, 3.05) is 6.54 Å². The van der Waals surface area contributed by atoms with Gasteiger partial charge in [0.15, 0.2) is 0 Å². The second kappa shape index (κ2) is 2.68. The van der Waals surface area contributed by atoms with Gasteiger partial charge in [-0.25, -0.2) is 0 Å². The number of amides is 1. The summed E-state index contributed by atoms with van der Waals surface area (Å²) in [5, 5.41) is 0. The van der Waals surface area contributed by atoms with E-state index in [2.05, 4.69) is 12.2 Å². The Morgan fingerprint density at radius 1 is 1.45 bits per heavy atom. The summed E-state index contributed by atoms with van der Waals surface area (Å²) in [6, 6.07) is 0.529. The monoisotopic (exact) mass is 151 g/mol. The predicted octanol–water partition coefficient (Wildman–Crippen LogP) is 1.33. The third-order valence-corrected chi connectivity index (χ3v) is 2.57. The van der Waals surface area contributed by atoms with E-state index in [-0.39, 0.29) is 0 Å². The van der Waals surface area contributed by atoms with Gasteiger partial charge >= 0.3 is 0 Å². The van der Waals surface area contributed by atoms with Crippen LogP contribution in [0.4, 0.5) is 0 Å². The molecule has 1 amide bonds. The van der Waals surface area contributed by atoms with Crippen LogP contribution in [0.2, 0.25) is 0 Å². The van der Waals surface area contributed by atoms with Crippen molar-refractivity contribution in [3.05, 3.63) is 12.2 Å². The fourth-order valence-corrected chi connectivity index (χ4v) is 1.78. The van der Waals surface area contributed by atoms with Gasteiger partial charge < -0.3 is 4.90 Å². The molecule has 2 rings (SSSR count). The van der Waals surface area contributed by atoms with Gasteiger partial charge in [-0.2, -0.15) is 0 Å². The van der Waals surface area contributed by atoms with Crippen LogP contribution in [0.25, 0.3) is 0 Å². The Hall–Kier alpha value is -0.790. The fourth-order valence-electron chi connectivity index (χ4n) is 1.78. The van der Waals surface area contributed by atoms with Crippen LogP contribution in [0.15, 0.2) is 12.2 Å². The first kappa shape index (κ1) is 6.89. The lowest BCUT2D eigenvalue weighted by Gasteiger charge is -2.38. The third kappa shape index (κ3) is 1.17. The largest absolute Gasteiger partial charge is 0.339 e. The SMILES string of the molecule is O=C1CCN1C1CC=CCC1. The maximum atomic E-state index is 11.0. The molecule has 1 fully saturated rings. The van der Waals surface area contributed by atoms with Crippen molar-refractivity contribution >= 4 is 5.91 Å². The molecule has 2 aliphatic rings. The number of hydrogen-bond acceptors (Lipinski definition) is 1. The quantitative estimate of drug-likeness (QED) is 0.409. The molecule has 0 spiro atoms. The van der Waals surface area contributed by atoms with E-state index in [4.69, 9.17) is 0 Å². The third-order valence-electron chi connectivity index (χ3n) is 2.57. The van der Waals surface area contributed by atoms with Gasteiger partial charge in [0.1, 0.15) is 0 Å². The summed E-state index contributed by atoms with van der Waals surface area (Å²) in [7, 11) is 0. The summed E-state index contributed by atoms with van der Waals surface area (Å²) in [6.45, 7) is 0.997. The lowest BCUT2D eigenvalue weighted by atomic mass is 9.97. The van der Waals surface area contributed by atoms with Crippen LogP contribution >= 0.6 is 0 Å². The number of nitrogens with zero attached hydrogens (tertiary/aromatic N) is 1. The molecule has 1 unspecified atom stereocenters.